The Bertz CT molecular complexity index is 531. The summed E-state index contributed by atoms with van der Waals surface area (Å²) in [6.07, 6.45) is 0.316. The van der Waals surface area contributed by atoms with Gasteiger partial charge >= 0.3 is 0 Å². The quantitative estimate of drug-likeness (QED) is 0.725. The predicted octanol–water partition coefficient (Wildman–Crippen LogP) is 3.72. The van der Waals surface area contributed by atoms with Gasteiger partial charge in [-0.3, -0.25) is 14.4 Å². The summed E-state index contributed by atoms with van der Waals surface area (Å²) in [4.78, 5) is 34.5. The fourth-order valence-electron chi connectivity index (χ4n) is 2.60. The molecule has 1 aliphatic rings. The van der Waals surface area contributed by atoms with Crippen molar-refractivity contribution in [1.29, 1.82) is 0 Å². The SMILES string of the molecule is CCC1=C(C(=O)Cl)C(C)(CC(=O)Cl)C(C)=C1C(=O)Cl. The lowest BCUT2D eigenvalue weighted by molar-refractivity contribution is -0.113. The second kappa shape index (κ2) is 5.78. The first-order valence-electron chi connectivity index (χ1n) is 5.70. The molecule has 0 aromatic rings. The van der Waals surface area contributed by atoms with E-state index in [1.54, 1.807) is 20.8 Å². The molecule has 0 amide bonds. The van der Waals surface area contributed by atoms with Crippen LogP contribution in [0.2, 0.25) is 0 Å². The van der Waals surface area contributed by atoms with Crippen molar-refractivity contribution >= 4 is 50.5 Å². The van der Waals surface area contributed by atoms with Crippen LogP contribution in [0.5, 0.6) is 0 Å². The van der Waals surface area contributed by atoms with E-state index in [2.05, 4.69) is 0 Å². The van der Waals surface area contributed by atoms with Crippen molar-refractivity contribution in [3.8, 4) is 0 Å². The first-order chi connectivity index (χ1) is 8.66. The van der Waals surface area contributed by atoms with Crippen molar-refractivity contribution in [1.82, 2.24) is 0 Å². The zero-order valence-electron chi connectivity index (χ0n) is 10.8. The van der Waals surface area contributed by atoms with Crippen LogP contribution in [-0.4, -0.2) is 15.7 Å². The molecule has 0 saturated carbocycles. The summed E-state index contributed by atoms with van der Waals surface area (Å²) < 4.78 is 0. The molecular formula is C13H13Cl3O3. The normalized spacial score (nSPS) is 23.1. The molecule has 0 aliphatic heterocycles. The highest BCUT2D eigenvalue weighted by atomic mass is 35.5. The van der Waals surface area contributed by atoms with E-state index in [4.69, 9.17) is 34.8 Å². The third kappa shape index (κ3) is 2.78. The van der Waals surface area contributed by atoms with Gasteiger partial charge in [-0.05, 0) is 59.3 Å². The van der Waals surface area contributed by atoms with Crippen molar-refractivity contribution < 1.29 is 14.4 Å². The maximum absolute atomic E-state index is 11.7. The van der Waals surface area contributed by atoms with Crippen molar-refractivity contribution in [2.45, 2.75) is 33.6 Å². The third-order valence-electron chi connectivity index (χ3n) is 3.60. The maximum Gasteiger partial charge on any atom is 0.252 e. The Labute approximate surface area is 126 Å². The van der Waals surface area contributed by atoms with E-state index >= 15 is 0 Å². The number of carbonyl (C=O) groups is 3. The number of rotatable bonds is 5. The molecule has 0 saturated heterocycles. The highest BCUT2D eigenvalue weighted by molar-refractivity contribution is 6.70. The van der Waals surface area contributed by atoms with Crippen molar-refractivity contribution in [3.05, 3.63) is 22.3 Å². The fraction of sp³-hybridized carbons (Fsp3) is 0.462. The van der Waals surface area contributed by atoms with Gasteiger partial charge in [0.1, 0.15) is 0 Å². The Morgan fingerprint density at radius 1 is 1.11 bits per heavy atom. The van der Waals surface area contributed by atoms with E-state index in [-0.39, 0.29) is 17.6 Å². The Morgan fingerprint density at radius 2 is 1.63 bits per heavy atom. The Balaban J connectivity index is 3.61. The van der Waals surface area contributed by atoms with E-state index in [9.17, 15) is 14.4 Å². The van der Waals surface area contributed by atoms with Gasteiger partial charge in [-0.25, -0.2) is 0 Å². The Kier molecular flexibility index (Phi) is 4.99. The topological polar surface area (TPSA) is 51.2 Å². The maximum atomic E-state index is 11.7. The second-order valence-electron chi connectivity index (χ2n) is 4.62. The molecule has 0 heterocycles. The highest BCUT2D eigenvalue weighted by Crippen LogP contribution is 2.51. The standard InChI is InChI=1S/C13H13Cl3O3/c1-4-7-9(11(15)18)6(2)13(3,5-8(14)17)10(7)12(16)19/h4-5H2,1-3H3. The molecule has 0 spiro atoms. The zero-order valence-corrected chi connectivity index (χ0v) is 13.0. The van der Waals surface area contributed by atoms with Crippen LogP contribution in [0.1, 0.15) is 33.6 Å². The van der Waals surface area contributed by atoms with Crippen molar-refractivity contribution in [3.63, 3.8) is 0 Å². The van der Waals surface area contributed by atoms with Gasteiger partial charge in [0.25, 0.3) is 5.24 Å². The third-order valence-corrected chi connectivity index (χ3v) is 4.11. The smallest absolute Gasteiger partial charge is 0.252 e. The van der Waals surface area contributed by atoms with Crippen LogP contribution < -0.4 is 0 Å². The van der Waals surface area contributed by atoms with Gasteiger partial charge < -0.3 is 0 Å². The molecule has 6 heteroatoms. The van der Waals surface area contributed by atoms with Crippen LogP contribution in [0.4, 0.5) is 0 Å². The van der Waals surface area contributed by atoms with Crippen LogP contribution in [-0.2, 0) is 14.4 Å². The molecule has 1 rings (SSSR count). The Hall–Kier alpha value is -0.640. The molecule has 0 aromatic heterocycles. The van der Waals surface area contributed by atoms with Gasteiger partial charge in [-0.2, -0.15) is 0 Å². The average Bonchev–Trinajstić information content (AvgIpc) is 2.46. The Morgan fingerprint density at radius 3 is 1.95 bits per heavy atom. The molecule has 1 atom stereocenters. The zero-order chi connectivity index (χ0) is 15.0. The summed E-state index contributed by atoms with van der Waals surface area (Å²) in [5.41, 5.74) is 0.601. The van der Waals surface area contributed by atoms with Crippen molar-refractivity contribution in [2.75, 3.05) is 0 Å². The van der Waals surface area contributed by atoms with Gasteiger partial charge in [0.15, 0.2) is 0 Å². The van der Waals surface area contributed by atoms with Gasteiger partial charge in [0.2, 0.25) is 10.5 Å². The molecule has 1 unspecified atom stereocenters. The summed E-state index contributed by atoms with van der Waals surface area (Å²) in [5, 5.41) is -1.95. The predicted molar refractivity (Wildman–Crippen MR) is 75.3 cm³/mol. The fourth-order valence-corrected chi connectivity index (χ4v) is 3.45. The van der Waals surface area contributed by atoms with Crippen LogP contribution >= 0.6 is 34.8 Å². The monoisotopic (exact) mass is 322 g/mol. The molecular weight excluding hydrogens is 310 g/mol. The lowest BCUT2D eigenvalue weighted by atomic mass is 9.76. The minimum Gasteiger partial charge on any atom is -0.281 e. The minimum atomic E-state index is -0.969. The molecule has 104 valence electrons. The van der Waals surface area contributed by atoms with Gasteiger partial charge in [-0.15, -0.1) is 0 Å². The molecule has 0 fully saturated rings. The van der Waals surface area contributed by atoms with Gasteiger partial charge in [0.05, 0.1) is 0 Å². The van der Waals surface area contributed by atoms with E-state index in [1.165, 1.54) is 0 Å². The number of carbonyl (C=O) groups excluding carboxylic acids is 3. The van der Waals surface area contributed by atoms with Gasteiger partial charge in [0, 0.05) is 23.0 Å². The largest absolute Gasteiger partial charge is 0.281 e. The van der Waals surface area contributed by atoms with Crippen LogP contribution in [0.15, 0.2) is 22.3 Å². The summed E-state index contributed by atoms with van der Waals surface area (Å²) in [6, 6.07) is 0. The molecule has 1 aliphatic carbocycles. The molecule has 0 radical (unpaired) electrons. The van der Waals surface area contributed by atoms with Crippen molar-refractivity contribution in [2.24, 2.45) is 5.41 Å². The lowest BCUT2D eigenvalue weighted by Gasteiger charge is -2.27. The summed E-state index contributed by atoms with van der Waals surface area (Å²) >= 11 is 16.7. The van der Waals surface area contributed by atoms with E-state index in [0.717, 1.165) is 0 Å². The molecule has 0 N–H and O–H groups in total. The molecule has 19 heavy (non-hydrogen) atoms. The van der Waals surface area contributed by atoms with E-state index in [1.807, 2.05) is 0 Å². The van der Waals surface area contributed by atoms with Crippen LogP contribution in [0, 0.1) is 5.41 Å². The summed E-state index contributed by atoms with van der Waals surface area (Å²) in [7, 11) is 0. The molecule has 0 bridgehead atoms. The summed E-state index contributed by atoms with van der Waals surface area (Å²) in [5.74, 6) is 0. The summed E-state index contributed by atoms with van der Waals surface area (Å²) in [6.45, 7) is 5.12. The lowest BCUT2D eigenvalue weighted by Crippen LogP contribution is -2.24. The number of hydrogen-bond acceptors (Lipinski definition) is 3. The van der Waals surface area contributed by atoms with E-state index < -0.39 is 21.1 Å². The minimum absolute atomic E-state index is 0.106. The van der Waals surface area contributed by atoms with Crippen LogP contribution in [0.25, 0.3) is 0 Å². The number of allylic oxidation sites excluding steroid dienone is 4. The average molecular weight is 324 g/mol. The first kappa shape index (κ1) is 16.4. The number of halogens is 3. The van der Waals surface area contributed by atoms with E-state index in [0.29, 0.717) is 17.6 Å². The highest BCUT2D eigenvalue weighted by Gasteiger charge is 2.45. The second-order valence-corrected chi connectivity index (χ2v) is 5.73. The molecule has 0 aromatic carbocycles. The van der Waals surface area contributed by atoms with Crippen LogP contribution in [0.3, 0.4) is 0 Å². The first-order valence-corrected chi connectivity index (χ1v) is 6.83. The number of hydrogen-bond donors (Lipinski definition) is 0. The molecule has 3 nitrogen and oxygen atoms in total. The van der Waals surface area contributed by atoms with Gasteiger partial charge in [-0.1, -0.05) is 13.8 Å².